The van der Waals surface area contributed by atoms with Gasteiger partial charge >= 0.3 is 12.1 Å². The lowest BCUT2D eigenvalue weighted by Crippen LogP contribution is -2.29. The molecule has 0 aliphatic heterocycles. The van der Waals surface area contributed by atoms with Crippen molar-refractivity contribution in [1.29, 1.82) is 0 Å². The molecule has 8 heteroatoms. The predicted octanol–water partition coefficient (Wildman–Crippen LogP) is 0.757. The highest BCUT2D eigenvalue weighted by molar-refractivity contribution is 5.88. The third-order valence-electron chi connectivity index (χ3n) is 2.53. The van der Waals surface area contributed by atoms with Crippen LogP contribution in [0.4, 0.5) is 13.2 Å². The molecule has 5 nitrogen and oxygen atoms in total. The molecule has 0 radical (unpaired) electrons. The van der Waals surface area contributed by atoms with Crippen LogP contribution in [0, 0.1) is 0 Å². The number of hydrogen-bond acceptors (Lipinski definition) is 4. The number of aromatic carboxylic acids is 1. The van der Waals surface area contributed by atoms with E-state index >= 15 is 0 Å². The molecule has 0 bridgehead atoms. The molecule has 0 aliphatic rings. The first-order valence-electron chi connectivity index (χ1n) is 5.19. The molecule has 1 rings (SSSR count). The highest BCUT2D eigenvalue weighted by atomic mass is 19.4. The molecular formula is C11H12F3NO4. The van der Waals surface area contributed by atoms with Gasteiger partial charge in [-0.15, -0.1) is 0 Å². The SMILES string of the molecule is NCC(O)C(O)c1ccc(C(=O)O)cc1C(F)(F)F. The molecule has 0 heterocycles. The van der Waals surface area contributed by atoms with Crippen LogP contribution in [0.2, 0.25) is 0 Å². The van der Waals surface area contributed by atoms with Gasteiger partial charge in [0.1, 0.15) is 6.10 Å². The van der Waals surface area contributed by atoms with Crippen LogP contribution >= 0.6 is 0 Å². The first-order chi connectivity index (χ1) is 8.68. The Labute approximate surface area is 106 Å². The molecule has 2 atom stereocenters. The molecule has 1 aromatic carbocycles. The lowest BCUT2D eigenvalue weighted by molar-refractivity contribution is -0.139. The minimum atomic E-state index is -4.85. The summed E-state index contributed by atoms with van der Waals surface area (Å²) in [7, 11) is 0. The van der Waals surface area contributed by atoms with E-state index in [9.17, 15) is 28.2 Å². The molecule has 0 aromatic heterocycles. The average Bonchev–Trinajstić information content (AvgIpc) is 2.35. The zero-order valence-electron chi connectivity index (χ0n) is 9.55. The van der Waals surface area contributed by atoms with Gasteiger partial charge in [-0.1, -0.05) is 6.07 Å². The summed E-state index contributed by atoms with van der Waals surface area (Å²) in [6.07, 6.45) is -8.27. The normalized spacial score (nSPS) is 15.1. The minimum Gasteiger partial charge on any atom is -0.478 e. The zero-order chi connectivity index (χ0) is 14.8. The Balaban J connectivity index is 3.36. The molecule has 0 saturated carbocycles. The largest absolute Gasteiger partial charge is 0.478 e. The average molecular weight is 279 g/mol. The molecule has 0 fully saturated rings. The fourth-order valence-electron chi connectivity index (χ4n) is 1.53. The molecule has 5 N–H and O–H groups in total. The van der Waals surface area contributed by atoms with Crippen molar-refractivity contribution in [3.63, 3.8) is 0 Å². The van der Waals surface area contributed by atoms with Crippen LogP contribution in [0.25, 0.3) is 0 Å². The fourth-order valence-corrected chi connectivity index (χ4v) is 1.53. The van der Waals surface area contributed by atoms with E-state index in [0.29, 0.717) is 6.07 Å². The molecule has 1 aromatic rings. The summed E-state index contributed by atoms with van der Waals surface area (Å²) >= 11 is 0. The summed E-state index contributed by atoms with van der Waals surface area (Å²) in [4.78, 5) is 10.7. The number of carboxylic acids is 1. The van der Waals surface area contributed by atoms with Crippen LogP contribution in [0.1, 0.15) is 27.6 Å². The molecule has 2 unspecified atom stereocenters. The number of aliphatic hydroxyl groups excluding tert-OH is 2. The van der Waals surface area contributed by atoms with Crippen molar-refractivity contribution >= 4 is 5.97 Å². The van der Waals surface area contributed by atoms with Gasteiger partial charge in [0.25, 0.3) is 0 Å². The first kappa shape index (κ1) is 15.4. The van der Waals surface area contributed by atoms with Crippen LogP contribution in [-0.2, 0) is 6.18 Å². The lowest BCUT2D eigenvalue weighted by atomic mass is 9.96. The second-order valence-corrected chi connectivity index (χ2v) is 3.85. The summed E-state index contributed by atoms with van der Waals surface area (Å²) in [6, 6.07) is 2.14. The topological polar surface area (TPSA) is 104 Å². The van der Waals surface area contributed by atoms with Gasteiger partial charge in [0.15, 0.2) is 0 Å². The van der Waals surface area contributed by atoms with Gasteiger partial charge in [-0.2, -0.15) is 13.2 Å². The third-order valence-corrected chi connectivity index (χ3v) is 2.53. The maximum atomic E-state index is 12.8. The van der Waals surface area contributed by atoms with Crippen molar-refractivity contribution in [1.82, 2.24) is 0 Å². The number of hydrogen-bond donors (Lipinski definition) is 4. The first-order valence-corrected chi connectivity index (χ1v) is 5.19. The number of alkyl halides is 3. The molecule has 106 valence electrons. The maximum absolute atomic E-state index is 12.8. The van der Waals surface area contributed by atoms with Gasteiger partial charge in [-0.25, -0.2) is 4.79 Å². The molecule has 19 heavy (non-hydrogen) atoms. The molecule has 0 spiro atoms. The smallest absolute Gasteiger partial charge is 0.416 e. The Morgan fingerprint density at radius 2 is 1.89 bits per heavy atom. The Morgan fingerprint density at radius 1 is 1.32 bits per heavy atom. The highest BCUT2D eigenvalue weighted by Crippen LogP contribution is 2.36. The number of benzene rings is 1. The molecular weight excluding hydrogens is 267 g/mol. The van der Waals surface area contributed by atoms with E-state index in [-0.39, 0.29) is 0 Å². The van der Waals surface area contributed by atoms with Crippen LogP contribution in [0.15, 0.2) is 18.2 Å². The number of rotatable bonds is 4. The van der Waals surface area contributed by atoms with Gasteiger partial charge in [-0.05, 0) is 17.7 Å². The van der Waals surface area contributed by atoms with Crippen molar-refractivity contribution in [3.05, 3.63) is 34.9 Å². The van der Waals surface area contributed by atoms with Crippen molar-refractivity contribution in [2.45, 2.75) is 18.4 Å². The second kappa shape index (κ2) is 5.55. The third kappa shape index (κ3) is 3.43. The number of aliphatic hydroxyl groups is 2. The van der Waals surface area contributed by atoms with E-state index in [4.69, 9.17) is 10.8 Å². The Morgan fingerprint density at radius 3 is 2.32 bits per heavy atom. The Kier molecular flexibility index (Phi) is 4.51. The van der Waals surface area contributed by atoms with Gasteiger partial charge in [-0.3, -0.25) is 0 Å². The standard InChI is InChI=1S/C11H12F3NO4/c12-11(13,14)7-3-5(10(18)19)1-2-6(7)9(17)8(16)4-15/h1-3,8-9,16-17H,4,15H2,(H,18,19). The summed E-state index contributed by atoms with van der Waals surface area (Å²) in [5.41, 5.74) is 2.57. The van der Waals surface area contributed by atoms with Crippen molar-refractivity contribution in [2.24, 2.45) is 5.73 Å². The Hall–Kier alpha value is -1.64. The van der Waals surface area contributed by atoms with Gasteiger partial charge in [0.2, 0.25) is 0 Å². The van der Waals surface area contributed by atoms with E-state index < -0.39 is 47.6 Å². The van der Waals surface area contributed by atoms with E-state index in [2.05, 4.69) is 0 Å². The highest BCUT2D eigenvalue weighted by Gasteiger charge is 2.37. The van der Waals surface area contributed by atoms with Gasteiger partial charge < -0.3 is 21.1 Å². The van der Waals surface area contributed by atoms with Gasteiger partial charge in [0.05, 0.1) is 17.2 Å². The quantitative estimate of drug-likeness (QED) is 0.651. The number of halogens is 3. The van der Waals surface area contributed by atoms with E-state index in [1.807, 2.05) is 0 Å². The van der Waals surface area contributed by atoms with E-state index in [0.717, 1.165) is 12.1 Å². The Bertz CT molecular complexity index is 475. The van der Waals surface area contributed by atoms with Crippen LogP contribution in [0.3, 0.4) is 0 Å². The number of carboxylic acid groups (broad SMARTS) is 1. The van der Waals surface area contributed by atoms with Crippen LogP contribution < -0.4 is 5.73 Å². The predicted molar refractivity (Wildman–Crippen MR) is 58.4 cm³/mol. The summed E-state index contributed by atoms with van der Waals surface area (Å²) in [5.74, 6) is -1.52. The maximum Gasteiger partial charge on any atom is 0.416 e. The summed E-state index contributed by atoms with van der Waals surface area (Å²) in [5, 5.41) is 27.5. The molecule has 0 aliphatic carbocycles. The van der Waals surface area contributed by atoms with Crippen molar-refractivity contribution in [2.75, 3.05) is 6.54 Å². The van der Waals surface area contributed by atoms with E-state index in [1.165, 1.54) is 0 Å². The zero-order valence-corrected chi connectivity index (χ0v) is 9.55. The van der Waals surface area contributed by atoms with Crippen LogP contribution in [-0.4, -0.2) is 33.9 Å². The lowest BCUT2D eigenvalue weighted by Gasteiger charge is -2.21. The minimum absolute atomic E-state index is 0.407. The monoisotopic (exact) mass is 279 g/mol. The van der Waals surface area contributed by atoms with Crippen LogP contribution in [0.5, 0.6) is 0 Å². The van der Waals surface area contributed by atoms with Crippen molar-refractivity contribution < 1.29 is 33.3 Å². The van der Waals surface area contributed by atoms with Crippen molar-refractivity contribution in [3.8, 4) is 0 Å². The number of nitrogens with two attached hydrogens (primary N) is 1. The molecule has 0 saturated heterocycles. The summed E-state index contributed by atoms with van der Waals surface area (Å²) in [6.45, 7) is -0.431. The number of carbonyl (C=O) groups is 1. The second-order valence-electron chi connectivity index (χ2n) is 3.85. The van der Waals surface area contributed by atoms with E-state index in [1.54, 1.807) is 0 Å². The fraction of sp³-hybridized carbons (Fsp3) is 0.364. The van der Waals surface area contributed by atoms with Gasteiger partial charge in [0, 0.05) is 6.54 Å². The molecule has 0 amide bonds. The summed E-state index contributed by atoms with van der Waals surface area (Å²) < 4.78 is 38.4.